The molecular weight excluding hydrogens is 328 g/mol. The van der Waals surface area contributed by atoms with Crippen molar-refractivity contribution >= 4 is 27.4 Å². The summed E-state index contributed by atoms with van der Waals surface area (Å²) < 4.78 is 11.7. The molecule has 6 heteroatoms. The van der Waals surface area contributed by atoms with Gasteiger partial charge in [-0.25, -0.2) is 4.79 Å². The van der Waals surface area contributed by atoms with E-state index in [0.717, 1.165) is 29.7 Å². The Kier molecular flexibility index (Phi) is 6.34. The number of benzene rings is 1. The van der Waals surface area contributed by atoms with Crippen molar-refractivity contribution in [2.45, 2.75) is 39.2 Å². The van der Waals surface area contributed by atoms with Gasteiger partial charge in [-0.3, -0.25) is 4.79 Å². The first kappa shape index (κ1) is 18.4. The van der Waals surface area contributed by atoms with Crippen molar-refractivity contribution in [3.8, 4) is 5.75 Å². The molecule has 1 aromatic carbocycles. The Morgan fingerprint density at radius 1 is 1.38 bits per heavy atom. The van der Waals surface area contributed by atoms with Crippen LogP contribution in [0.25, 0.3) is 10.1 Å². The lowest BCUT2D eigenvalue weighted by molar-refractivity contribution is 0.0702. The molecule has 130 valence electrons. The van der Waals surface area contributed by atoms with Crippen LogP contribution in [0.3, 0.4) is 0 Å². The fourth-order valence-corrected chi connectivity index (χ4v) is 3.51. The standard InChI is InChI=1S/C18H22O5S/c1-4-5-12-6-7-14(23-9-8-11(2)22-3)16-13(19)10-15(18(20)21)24-17(12)16/h6-7,10-11H,4-5,8-9H2,1-3H3,(H,20,21). The predicted molar refractivity (Wildman–Crippen MR) is 95.6 cm³/mol. The van der Waals surface area contributed by atoms with Crippen molar-refractivity contribution in [3.05, 3.63) is 38.9 Å². The predicted octanol–water partition coefficient (Wildman–Crippen LogP) is 3.72. The molecular formula is C18H22O5S. The number of hydrogen-bond acceptors (Lipinski definition) is 5. The summed E-state index contributed by atoms with van der Waals surface area (Å²) in [6, 6.07) is 4.90. The molecule has 1 N–H and O–H groups in total. The quantitative estimate of drug-likeness (QED) is 0.785. The summed E-state index contributed by atoms with van der Waals surface area (Å²) >= 11 is 1.13. The molecule has 0 aliphatic rings. The van der Waals surface area contributed by atoms with Gasteiger partial charge in [0.15, 0.2) is 5.43 Å². The van der Waals surface area contributed by atoms with Gasteiger partial charge in [0.05, 0.1) is 18.1 Å². The van der Waals surface area contributed by atoms with E-state index in [1.54, 1.807) is 13.2 Å². The number of carboxylic acid groups (broad SMARTS) is 1. The first-order valence-corrected chi connectivity index (χ1v) is 8.78. The molecule has 0 bridgehead atoms. The fraction of sp³-hybridized carbons (Fsp3) is 0.444. The average Bonchev–Trinajstić information content (AvgIpc) is 2.56. The van der Waals surface area contributed by atoms with Crippen LogP contribution in [0.5, 0.6) is 5.75 Å². The first-order chi connectivity index (χ1) is 11.5. The van der Waals surface area contributed by atoms with E-state index >= 15 is 0 Å². The summed E-state index contributed by atoms with van der Waals surface area (Å²) in [7, 11) is 1.64. The van der Waals surface area contributed by atoms with Gasteiger partial charge in [0.1, 0.15) is 10.6 Å². The van der Waals surface area contributed by atoms with Crippen LogP contribution < -0.4 is 10.2 Å². The lowest BCUT2D eigenvalue weighted by Gasteiger charge is -2.13. The molecule has 0 radical (unpaired) electrons. The zero-order valence-electron chi connectivity index (χ0n) is 14.1. The molecule has 0 spiro atoms. The molecule has 1 aromatic heterocycles. The Labute approximate surface area is 144 Å². The second kappa shape index (κ2) is 8.26. The van der Waals surface area contributed by atoms with E-state index in [4.69, 9.17) is 9.47 Å². The Balaban J connectivity index is 2.48. The molecule has 0 aliphatic carbocycles. The van der Waals surface area contributed by atoms with Gasteiger partial charge in [-0.05, 0) is 25.0 Å². The molecule has 24 heavy (non-hydrogen) atoms. The summed E-state index contributed by atoms with van der Waals surface area (Å²) in [5.41, 5.74) is 0.671. The highest BCUT2D eigenvalue weighted by Gasteiger charge is 2.15. The summed E-state index contributed by atoms with van der Waals surface area (Å²) in [6.45, 7) is 4.43. The van der Waals surface area contributed by atoms with Gasteiger partial charge in [0, 0.05) is 24.3 Å². The number of aromatic carboxylic acids is 1. The highest BCUT2D eigenvalue weighted by Crippen LogP contribution is 2.31. The topological polar surface area (TPSA) is 72.8 Å². The van der Waals surface area contributed by atoms with E-state index in [1.165, 1.54) is 6.07 Å². The number of carbonyl (C=O) groups is 1. The number of ether oxygens (including phenoxy) is 2. The van der Waals surface area contributed by atoms with Crippen molar-refractivity contribution in [2.24, 2.45) is 0 Å². The number of methoxy groups -OCH3 is 1. The van der Waals surface area contributed by atoms with Gasteiger partial charge in [-0.15, -0.1) is 11.3 Å². The highest BCUT2D eigenvalue weighted by molar-refractivity contribution is 7.20. The maximum absolute atomic E-state index is 12.5. The molecule has 1 atom stereocenters. The van der Waals surface area contributed by atoms with E-state index in [0.29, 0.717) is 28.9 Å². The van der Waals surface area contributed by atoms with Crippen molar-refractivity contribution in [1.82, 2.24) is 0 Å². The molecule has 1 unspecified atom stereocenters. The van der Waals surface area contributed by atoms with Crippen LogP contribution in [0.1, 0.15) is 41.9 Å². The summed E-state index contributed by atoms with van der Waals surface area (Å²) in [6.07, 6.45) is 2.48. The zero-order chi connectivity index (χ0) is 17.7. The number of carboxylic acids is 1. The summed E-state index contributed by atoms with van der Waals surface area (Å²) in [5, 5.41) is 9.69. The normalized spacial score (nSPS) is 12.3. The van der Waals surface area contributed by atoms with E-state index in [9.17, 15) is 14.7 Å². The van der Waals surface area contributed by atoms with Crippen LogP contribution in [-0.2, 0) is 11.2 Å². The summed E-state index contributed by atoms with van der Waals surface area (Å²) in [4.78, 5) is 23.8. The number of rotatable bonds is 8. The third-order valence-electron chi connectivity index (χ3n) is 3.84. The number of fused-ring (bicyclic) bond motifs is 1. The van der Waals surface area contributed by atoms with E-state index in [1.807, 2.05) is 19.9 Å². The van der Waals surface area contributed by atoms with Crippen LogP contribution in [0.15, 0.2) is 23.0 Å². The van der Waals surface area contributed by atoms with E-state index in [-0.39, 0.29) is 16.4 Å². The van der Waals surface area contributed by atoms with Crippen LogP contribution >= 0.6 is 11.3 Å². The molecule has 0 amide bonds. The highest BCUT2D eigenvalue weighted by atomic mass is 32.1. The molecule has 0 saturated heterocycles. The third-order valence-corrected chi connectivity index (χ3v) is 5.02. The van der Waals surface area contributed by atoms with Crippen molar-refractivity contribution in [2.75, 3.05) is 13.7 Å². The van der Waals surface area contributed by atoms with Gasteiger partial charge >= 0.3 is 5.97 Å². The molecule has 0 fully saturated rings. The van der Waals surface area contributed by atoms with Crippen molar-refractivity contribution in [1.29, 1.82) is 0 Å². The lowest BCUT2D eigenvalue weighted by Crippen LogP contribution is -2.12. The minimum absolute atomic E-state index is 0.0509. The van der Waals surface area contributed by atoms with Crippen LogP contribution in [0, 0.1) is 0 Å². The van der Waals surface area contributed by atoms with Gasteiger partial charge in [0.25, 0.3) is 0 Å². The van der Waals surface area contributed by atoms with Gasteiger partial charge in [0.2, 0.25) is 0 Å². The largest absolute Gasteiger partial charge is 0.493 e. The van der Waals surface area contributed by atoms with Crippen LogP contribution in [0.2, 0.25) is 0 Å². The molecule has 0 saturated carbocycles. The Hall–Kier alpha value is -1.92. The molecule has 2 aromatic rings. The molecule has 5 nitrogen and oxygen atoms in total. The van der Waals surface area contributed by atoms with Crippen molar-refractivity contribution < 1.29 is 19.4 Å². The number of aryl methyl sites for hydroxylation is 1. The number of hydrogen-bond donors (Lipinski definition) is 1. The molecule has 1 heterocycles. The van der Waals surface area contributed by atoms with Gasteiger partial charge in [-0.2, -0.15) is 0 Å². The SMILES string of the molecule is CCCc1ccc(OCCC(C)OC)c2c(=O)cc(C(=O)O)sc12. The monoisotopic (exact) mass is 350 g/mol. The third kappa shape index (κ3) is 4.13. The first-order valence-electron chi connectivity index (χ1n) is 7.96. The van der Waals surface area contributed by atoms with Gasteiger partial charge < -0.3 is 14.6 Å². The van der Waals surface area contributed by atoms with Crippen LogP contribution in [0.4, 0.5) is 0 Å². The van der Waals surface area contributed by atoms with Crippen molar-refractivity contribution in [3.63, 3.8) is 0 Å². The average molecular weight is 350 g/mol. The lowest BCUT2D eigenvalue weighted by atomic mass is 10.1. The second-order valence-corrected chi connectivity index (χ2v) is 6.69. The molecule has 0 aliphatic heterocycles. The maximum Gasteiger partial charge on any atom is 0.346 e. The smallest absolute Gasteiger partial charge is 0.346 e. The fourth-order valence-electron chi connectivity index (χ4n) is 2.43. The maximum atomic E-state index is 12.5. The van der Waals surface area contributed by atoms with E-state index < -0.39 is 5.97 Å². The minimum atomic E-state index is -1.08. The van der Waals surface area contributed by atoms with Gasteiger partial charge in [-0.1, -0.05) is 19.4 Å². The minimum Gasteiger partial charge on any atom is -0.493 e. The van der Waals surface area contributed by atoms with E-state index in [2.05, 4.69) is 0 Å². The molecule has 2 rings (SSSR count). The summed E-state index contributed by atoms with van der Waals surface area (Å²) in [5.74, 6) is -0.576. The second-order valence-electron chi connectivity index (χ2n) is 5.64. The Morgan fingerprint density at radius 3 is 2.75 bits per heavy atom. The zero-order valence-corrected chi connectivity index (χ0v) is 14.9. The Morgan fingerprint density at radius 2 is 2.12 bits per heavy atom. The Bertz CT molecular complexity index is 781. The van der Waals surface area contributed by atoms with Crippen LogP contribution in [-0.4, -0.2) is 30.9 Å².